The Hall–Kier alpha value is -2.00. The molecular formula is C16H21ClN4O2. The number of hydrogen-bond donors (Lipinski definition) is 1. The highest BCUT2D eigenvalue weighted by Crippen LogP contribution is 2.19. The number of aromatic nitrogens is 2. The predicted octanol–water partition coefficient (Wildman–Crippen LogP) is 2.71. The molecule has 6 nitrogen and oxygen atoms in total. The maximum Gasteiger partial charge on any atom is 0.410 e. The molecule has 0 spiro atoms. The Bertz CT molecular complexity index is 638. The van der Waals surface area contributed by atoms with Crippen LogP contribution in [0.25, 0.3) is 0 Å². The van der Waals surface area contributed by atoms with E-state index in [0.29, 0.717) is 18.8 Å². The van der Waals surface area contributed by atoms with Crippen molar-refractivity contribution in [2.45, 2.75) is 39.2 Å². The van der Waals surface area contributed by atoms with Crippen LogP contribution < -0.4 is 5.73 Å². The van der Waals surface area contributed by atoms with Crippen molar-refractivity contribution in [1.82, 2.24) is 14.9 Å². The largest absolute Gasteiger partial charge is 0.444 e. The van der Waals surface area contributed by atoms with E-state index >= 15 is 0 Å². The quantitative estimate of drug-likeness (QED) is 0.737. The SMILES string of the molecule is CC(C)(C)OC(=O)N1CCC(C#Cc2ncc(N)nc2Cl)CC1. The molecule has 2 rings (SSSR count). The van der Waals surface area contributed by atoms with Crippen LogP contribution in [0.1, 0.15) is 39.3 Å². The molecule has 1 fully saturated rings. The number of halogens is 1. The van der Waals surface area contributed by atoms with Crippen LogP contribution in [0.3, 0.4) is 0 Å². The van der Waals surface area contributed by atoms with Crippen molar-refractivity contribution in [3.63, 3.8) is 0 Å². The molecule has 1 amide bonds. The predicted molar refractivity (Wildman–Crippen MR) is 88.9 cm³/mol. The lowest BCUT2D eigenvalue weighted by molar-refractivity contribution is 0.0199. The lowest BCUT2D eigenvalue weighted by Gasteiger charge is -2.31. The zero-order valence-electron chi connectivity index (χ0n) is 13.6. The van der Waals surface area contributed by atoms with E-state index in [2.05, 4.69) is 21.8 Å². The maximum absolute atomic E-state index is 12.0. The van der Waals surface area contributed by atoms with E-state index in [1.807, 2.05) is 20.8 Å². The summed E-state index contributed by atoms with van der Waals surface area (Å²) in [5.74, 6) is 6.56. The number of anilines is 1. The van der Waals surface area contributed by atoms with Crippen LogP contribution in [-0.4, -0.2) is 39.7 Å². The molecule has 23 heavy (non-hydrogen) atoms. The fourth-order valence-corrected chi connectivity index (χ4v) is 2.36. The number of ether oxygens (including phenoxy) is 1. The third-order valence-corrected chi connectivity index (χ3v) is 3.55. The van der Waals surface area contributed by atoms with Crippen molar-refractivity contribution in [1.29, 1.82) is 0 Å². The van der Waals surface area contributed by atoms with E-state index < -0.39 is 5.60 Å². The molecule has 2 heterocycles. The topological polar surface area (TPSA) is 81.3 Å². The second-order valence-electron chi connectivity index (χ2n) is 6.45. The molecule has 1 aromatic heterocycles. The third-order valence-electron chi connectivity index (χ3n) is 3.29. The van der Waals surface area contributed by atoms with Crippen LogP contribution >= 0.6 is 11.6 Å². The zero-order chi connectivity index (χ0) is 17.0. The highest BCUT2D eigenvalue weighted by Gasteiger charge is 2.26. The van der Waals surface area contributed by atoms with Crippen molar-refractivity contribution in [2.75, 3.05) is 18.8 Å². The van der Waals surface area contributed by atoms with E-state index in [1.165, 1.54) is 6.20 Å². The van der Waals surface area contributed by atoms with Crippen LogP contribution in [0.5, 0.6) is 0 Å². The van der Waals surface area contributed by atoms with Gasteiger partial charge in [-0.15, -0.1) is 0 Å². The van der Waals surface area contributed by atoms with Crippen LogP contribution in [0, 0.1) is 17.8 Å². The van der Waals surface area contributed by atoms with Gasteiger partial charge in [-0.05, 0) is 39.5 Å². The van der Waals surface area contributed by atoms with E-state index in [4.69, 9.17) is 22.1 Å². The fraction of sp³-hybridized carbons (Fsp3) is 0.562. The van der Waals surface area contributed by atoms with Gasteiger partial charge in [0.1, 0.15) is 11.4 Å². The lowest BCUT2D eigenvalue weighted by Crippen LogP contribution is -2.41. The zero-order valence-corrected chi connectivity index (χ0v) is 14.4. The van der Waals surface area contributed by atoms with Gasteiger partial charge in [0.15, 0.2) is 10.8 Å². The molecule has 1 saturated heterocycles. The molecule has 2 N–H and O–H groups in total. The van der Waals surface area contributed by atoms with Gasteiger partial charge in [0.2, 0.25) is 0 Å². The summed E-state index contributed by atoms with van der Waals surface area (Å²) in [5.41, 5.74) is 5.45. The van der Waals surface area contributed by atoms with Crippen LogP contribution in [0.15, 0.2) is 6.20 Å². The van der Waals surface area contributed by atoms with Crippen molar-refractivity contribution < 1.29 is 9.53 Å². The highest BCUT2D eigenvalue weighted by atomic mass is 35.5. The molecule has 0 saturated carbocycles. The first-order chi connectivity index (χ1) is 10.7. The van der Waals surface area contributed by atoms with Crippen LogP contribution in [0.2, 0.25) is 5.15 Å². The van der Waals surface area contributed by atoms with Crippen molar-refractivity contribution in [3.8, 4) is 11.8 Å². The van der Waals surface area contributed by atoms with E-state index in [1.54, 1.807) is 4.90 Å². The third kappa shape index (κ3) is 5.29. The first-order valence-corrected chi connectivity index (χ1v) is 7.90. The number of likely N-dealkylation sites (tertiary alicyclic amines) is 1. The monoisotopic (exact) mass is 336 g/mol. The van der Waals surface area contributed by atoms with Gasteiger partial charge in [-0.2, -0.15) is 0 Å². The average Bonchev–Trinajstić information content (AvgIpc) is 2.45. The van der Waals surface area contributed by atoms with Crippen molar-refractivity contribution >= 4 is 23.5 Å². The summed E-state index contributed by atoms with van der Waals surface area (Å²) in [6.07, 6.45) is 2.76. The van der Waals surface area contributed by atoms with Gasteiger partial charge in [0, 0.05) is 19.0 Å². The lowest BCUT2D eigenvalue weighted by atomic mass is 9.97. The molecule has 0 bridgehead atoms. The van der Waals surface area contributed by atoms with Gasteiger partial charge in [0.05, 0.1) is 6.20 Å². The molecule has 1 aromatic rings. The Morgan fingerprint density at radius 2 is 2.09 bits per heavy atom. The van der Waals surface area contributed by atoms with Crippen LogP contribution in [0.4, 0.5) is 10.6 Å². The number of amides is 1. The van der Waals surface area contributed by atoms with Gasteiger partial charge in [0.25, 0.3) is 0 Å². The van der Waals surface area contributed by atoms with Gasteiger partial charge in [-0.25, -0.2) is 14.8 Å². The molecule has 0 unspecified atom stereocenters. The summed E-state index contributed by atoms with van der Waals surface area (Å²) >= 11 is 5.95. The van der Waals surface area contributed by atoms with E-state index in [9.17, 15) is 4.79 Å². The summed E-state index contributed by atoms with van der Waals surface area (Å²) in [7, 11) is 0. The molecule has 7 heteroatoms. The van der Waals surface area contributed by atoms with Gasteiger partial charge < -0.3 is 15.4 Å². The summed E-state index contributed by atoms with van der Waals surface area (Å²) in [4.78, 5) is 21.7. The Morgan fingerprint density at radius 1 is 1.43 bits per heavy atom. The standard InChI is InChI=1S/C16H21ClN4O2/c1-16(2,3)23-15(22)21-8-6-11(7-9-21)4-5-12-14(17)20-13(18)10-19-12/h10-11H,6-9H2,1-3H3,(H2,18,20). The van der Waals surface area contributed by atoms with E-state index in [0.717, 1.165) is 12.8 Å². The molecular weight excluding hydrogens is 316 g/mol. The summed E-state index contributed by atoms with van der Waals surface area (Å²) in [5, 5.41) is 0.212. The average molecular weight is 337 g/mol. The summed E-state index contributed by atoms with van der Waals surface area (Å²) in [6.45, 7) is 6.85. The minimum atomic E-state index is -0.474. The molecule has 1 aliphatic heterocycles. The van der Waals surface area contributed by atoms with Crippen LogP contribution in [-0.2, 0) is 4.74 Å². The Kier molecular flexibility index (Phi) is 5.32. The fourth-order valence-electron chi connectivity index (χ4n) is 2.17. The Labute approximate surface area is 141 Å². The molecule has 124 valence electrons. The van der Waals surface area contributed by atoms with Gasteiger partial charge >= 0.3 is 6.09 Å². The number of nitrogens with two attached hydrogens (primary N) is 1. The van der Waals surface area contributed by atoms with Crippen molar-refractivity contribution in [3.05, 3.63) is 17.0 Å². The highest BCUT2D eigenvalue weighted by molar-refractivity contribution is 6.30. The molecule has 0 aromatic carbocycles. The molecule has 0 atom stereocenters. The minimum absolute atomic E-state index is 0.198. The van der Waals surface area contributed by atoms with Gasteiger partial charge in [-0.3, -0.25) is 0 Å². The Morgan fingerprint density at radius 3 is 2.65 bits per heavy atom. The van der Waals surface area contributed by atoms with Gasteiger partial charge in [-0.1, -0.05) is 17.5 Å². The van der Waals surface area contributed by atoms with Crippen molar-refractivity contribution in [2.24, 2.45) is 5.92 Å². The minimum Gasteiger partial charge on any atom is -0.444 e. The Balaban J connectivity index is 1.90. The number of piperidine rings is 1. The first kappa shape index (κ1) is 17.4. The smallest absolute Gasteiger partial charge is 0.410 e. The number of nitrogen functional groups attached to an aromatic ring is 1. The number of carbonyl (C=O) groups is 1. The molecule has 0 aliphatic carbocycles. The number of rotatable bonds is 0. The summed E-state index contributed by atoms with van der Waals surface area (Å²) < 4.78 is 5.37. The second-order valence-corrected chi connectivity index (χ2v) is 6.80. The number of nitrogens with zero attached hydrogens (tertiary/aromatic N) is 3. The molecule has 0 radical (unpaired) electrons. The second kappa shape index (κ2) is 7.05. The number of hydrogen-bond acceptors (Lipinski definition) is 5. The summed E-state index contributed by atoms with van der Waals surface area (Å²) in [6, 6.07) is 0. The maximum atomic E-state index is 12.0. The normalized spacial score (nSPS) is 15.7. The first-order valence-electron chi connectivity index (χ1n) is 7.52. The van der Waals surface area contributed by atoms with E-state index in [-0.39, 0.29) is 23.0 Å². The molecule has 1 aliphatic rings. The number of carbonyl (C=O) groups excluding carboxylic acids is 1.